The van der Waals surface area contributed by atoms with Crippen molar-refractivity contribution < 1.29 is 13.9 Å². The molecule has 2 rings (SSSR count). The first-order valence-electron chi connectivity index (χ1n) is 4.75. The monoisotopic (exact) mass is 285 g/mol. The summed E-state index contributed by atoms with van der Waals surface area (Å²) in [6, 6.07) is 3.26. The van der Waals surface area contributed by atoms with E-state index in [0.717, 1.165) is 5.52 Å². The van der Waals surface area contributed by atoms with Crippen LogP contribution in [0, 0.1) is 5.82 Å². The number of rotatable bonds is 2. The summed E-state index contributed by atoms with van der Waals surface area (Å²) in [5.41, 5.74) is 1.15. The number of hydrogen-bond donors (Lipinski definition) is 0. The van der Waals surface area contributed by atoms with Crippen LogP contribution in [0.1, 0.15) is 17.3 Å². The molecule has 5 heteroatoms. The molecule has 0 spiro atoms. The topological polar surface area (TPSA) is 30.7 Å². The minimum atomic E-state index is -0.400. The molecule has 3 nitrogen and oxygen atoms in total. The van der Waals surface area contributed by atoms with Gasteiger partial charge in [-0.15, -0.1) is 0 Å². The zero-order chi connectivity index (χ0) is 11.7. The third-order valence-electron chi connectivity index (χ3n) is 2.15. The molecule has 0 fully saturated rings. The van der Waals surface area contributed by atoms with Crippen molar-refractivity contribution in [3.63, 3.8) is 0 Å². The molecule has 2 heterocycles. The smallest absolute Gasteiger partial charge is 0.339 e. The first-order chi connectivity index (χ1) is 7.61. The normalized spacial score (nSPS) is 10.7. The Balaban J connectivity index is 2.48. The van der Waals surface area contributed by atoms with Crippen LogP contribution < -0.4 is 0 Å². The zero-order valence-electron chi connectivity index (χ0n) is 8.54. The molecule has 0 saturated heterocycles. The fraction of sp³-hybridized carbons (Fsp3) is 0.182. The maximum absolute atomic E-state index is 13.2. The van der Waals surface area contributed by atoms with E-state index >= 15 is 0 Å². The van der Waals surface area contributed by atoms with Crippen LogP contribution in [0.4, 0.5) is 4.39 Å². The highest BCUT2D eigenvalue weighted by molar-refractivity contribution is 9.10. The van der Waals surface area contributed by atoms with E-state index in [9.17, 15) is 9.18 Å². The van der Waals surface area contributed by atoms with E-state index in [1.165, 1.54) is 6.20 Å². The zero-order valence-corrected chi connectivity index (χ0v) is 10.1. The Bertz CT molecular complexity index is 511. The van der Waals surface area contributed by atoms with Gasteiger partial charge >= 0.3 is 5.97 Å². The quantitative estimate of drug-likeness (QED) is 0.794. The maximum Gasteiger partial charge on any atom is 0.339 e. The van der Waals surface area contributed by atoms with Gasteiger partial charge in [0, 0.05) is 17.9 Å². The number of pyridine rings is 1. The minimum Gasteiger partial charge on any atom is -0.462 e. The molecule has 84 valence electrons. The molecule has 16 heavy (non-hydrogen) atoms. The number of aromatic nitrogens is 1. The summed E-state index contributed by atoms with van der Waals surface area (Å²) in [4.78, 5) is 11.4. The number of hydrogen-bond acceptors (Lipinski definition) is 2. The average molecular weight is 286 g/mol. The van der Waals surface area contributed by atoms with E-state index in [0.29, 0.717) is 16.6 Å². The van der Waals surface area contributed by atoms with Crippen molar-refractivity contribution in [2.75, 3.05) is 6.61 Å². The van der Waals surface area contributed by atoms with Crippen molar-refractivity contribution in [1.29, 1.82) is 0 Å². The van der Waals surface area contributed by atoms with E-state index in [2.05, 4.69) is 15.9 Å². The van der Waals surface area contributed by atoms with Gasteiger partial charge in [0.2, 0.25) is 0 Å². The molecule has 0 aliphatic rings. The van der Waals surface area contributed by atoms with Crippen LogP contribution in [0.15, 0.2) is 29.0 Å². The Labute approximate surface area is 100.0 Å². The van der Waals surface area contributed by atoms with Crippen molar-refractivity contribution in [2.24, 2.45) is 0 Å². The fourth-order valence-electron chi connectivity index (χ4n) is 1.43. The number of carbonyl (C=O) groups excluding carboxylic acids is 1. The van der Waals surface area contributed by atoms with E-state index < -0.39 is 5.97 Å². The molecular formula is C11H9BrFNO2. The first-order valence-corrected chi connectivity index (χ1v) is 5.55. The molecule has 0 aliphatic heterocycles. The van der Waals surface area contributed by atoms with Crippen molar-refractivity contribution in [2.45, 2.75) is 6.92 Å². The summed E-state index contributed by atoms with van der Waals surface area (Å²) < 4.78 is 20.0. The van der Waals surface area contributed by atoms with Gasteiger partial charge in [0.15, 0.2) is 5.82 Å². The van der Waals surface area contributed by atoms with Gasteiger partial charge in [-0.3, -0.25) is 0 Å². The molecule has 0 aliphatic carbocycles. The average Bonchev–Trinajstić information content (AvgIpc) is 2.62. The summed E-state index contributed by atoms with van der Waals surface area (Å²) in [5.74, 6) is -0.777. The van der Waals surface area contributed by atoms with Crippen LogP contribution in [0.3, 0.4) is 0 Å². The molecule has 2 aromatic rings. The second kappa shape index (κ2) is 4.25. The summed E-state index contributed by atoms with van der Waals surface area (Å²) >= 11 is 3.09. The molecule has 0 aromatic carbocycles. The highest BCUT2D eigenvalue weighted by Gasteiger charge is 2.10. The Kier molecular flexibility index (Phi) is 2.96. The van der Waals surface area contributed by atoms with Crippen LogP contribution in [0.5, 0.6) is 0 Å². The largest absolute Gasteiger partial charge is 0.462 e. The van der Waals surface area contributed by atoms with E-state index in [1.54, 1.807) is 29.7 Å². The third kappa shape index (κ3) is 1.95. The molecule has 0 amide bonds. The lowest BCUT2D eigenvalue weighted by Gasteiger charge is -1.97. The first kappa shape index (κ1) is 11.1. The summed E-state index contributed by atoms with van der Waals surface area (Å²) in [5, 5.41) is 0. The van der Waals surface area contributed by atoms with Gasteiger partial charge in [-0.25, -0.2) is 9.18 Å². The predicted octanol–water partition coefficient (Wildman–Crippen LogP) is 3.02. The SMILES string of the molecule is CCOC(=O)c1cc2cc(Br)c(F)cn2c1. The summed E-state index contributed by atoms with van der Waals surface area (Å²) in [6.07, 6.45) is 2.85. The lowest BCUT2D eigenvalue weighted by molar-refractivity contribution is 0.0526. The molecule has 0 bridgehead atoms. The van der Waals surface area contributed by atoms with Crippen molar-refractivity contribution >= 4 is 27.4 Å². The summed E-state index contributed by atoms with van der Waals surface area (Å²) in [7, 11) is 0. The van der Waals surface area contributed by atoms with Crippen LogP contribution in [-0.4, -0.2) is 17.0 Å². The Morgan fingerprint density at radius 1 is 1.50 bits per heavy atom. The summed E-state index contributed by atoms with van der Waals surface area (Å²) in [6.45, 7) is 2.06. The number of ether oxygens (including phenoxy) is 1. The molecule has 0 N–H and O–H groups in total. The second-order valence-corrected chi connectivity index (χ2v) is 4.11. The number of halogens is 2. The molecule has 2 aromatic heterocycles. The Morgan fingerprint density at radius 3 is 2.94 bits per heavy atom. The van der Waals surface area contributed by atoms with Crippen LogP contribution in [0.25, 0.3) is 5.52 Å². The van der Waals surface area contributed by atoms with Crippen molar-refractivity contribution in [3.8, 4) is 0 Å². The second-order valence-electron chi connectivity index (χ2n) is 3.25. The van der Waals surface area contributed by atoms with Gasteiger partial charge in [0.25, 0.3) is 0 Å². The van der Waals surface area contributed by atoms with Crippen molar-refractivity contribution in [1.82, 2.24) is 4.40 Å². The number of fused-ring (bicyclic) bond motifs is 1. The van der Waals surface area contributed by atoms with Gasteiger partial charge in [0.05, 0.1) is 16.6 Å². The third-order valence-corrected chi connectivity index (χ3v) is 2.75. The fourth-order valence-corrected chi connectivity index (χ4v) is 1.77. The maximum atomic E-state index is 13.2. The molecular weight excluding hydrogens is 277 g/mol. The van der Waals surface area contributed by atoms with Gasteiger partial charge in [0.1, 0.15) is 0 Å². The number of carbonyl (C=O) groups is 1. The minimum absolute atomic E-state index is 0.323. The highest BCUT2D eigenvalue weighted by atomic mass is 79.9. The van der Waals surface area contributed by atoms with Crippen LogP contribution in [-0.2, 0) is 4.74 Å². The molecule has 0 unspecified atom stereocenters. The van der Waals surface area contributed by atoms with Gasteiger partial charge in [-0.1, -0.05) is 0 Å². The standard InChI is InChI=1S/C11H9BrFNO2/c1-2-16-11(15)7-3-8-4-9(12)10(13)6-14(8)5-7/h3-6H,2H2,1H3. The van der Waals surface area contributed by atoms with Gasteiger partial charge in [-0.2, -0.15) is 0 Å². The van der Waals surface area contributed by atoms with Crippen LogP contribution in [0.2, 0.25) is 0 Å². The lowest BCUT2D eigenvalue weighted by atomic mass is 10.3. The number of esters is 1. The van der Waals surface area contributed by atoms with E-state index in [-0.39, 0.29) is 5.82 Å². The molecule has 0 radical (unpaired) electrons. The number of nitrogens with zero attached hydrogens (tertiary/aromatic N) is 1. The molecule has 0 atom stereocenters. The highest BCUT2D eigenvalue weighted by Crippen LogP contribution is 2.20. The van der Waals surface area contributed by atoms with Crippen LogP contribution >= 0.6 is 15.9 Å². The Hall–Kier alpha value is -1.36. The van der Waals surface area contributed by atoms with Gasteiger partial charge in [-0.05, 0) is 35.0 Å². The van der Waals surface area contributed by atoms with E-state index in [4.69, 9.17) is 4.74 Å². The predicted molar refractivity (Wildman–Crippen MR) is 61.0 cm³/mol. The molecule has 0 saturated carbocycles. The lowest BCUT2D eigenvalue weighted by Crippen LogP contribution is -2.02. The van der Waals surface area contributed by atoms with E-state index in [1.807, 2.05) is 0 Å². The van der Waals surface area contributed by atoms with Gasteiger partial charge < -0.3 is 9.14 Å². The Morgan fingerprint density at radius 2 is 2.25 bits per heavy atom. The van der Waals surface area contributed by atoms with Crippen molar-refractivity contribution in [3.05, 3.63) is 40.4 Å².